The standard InChI is InChI=1S/C16H15FN4O2S/c1-2-12-8-14(11-4-5-11)20-16(19-12)21-24(22,23)15-6-3-10(9-18)7-13(15)17/h3,6-8,11H,2,4-5H2,1H3,(H,19,20,21). The topological polar surface area (TPSA) is 95.7 Å². The third kappa shape index (κ3) is 3.36. The molecule has 8 heteroatoms. The van der Waals surface area contributed by atoms with E-state index >= 15 is 0 Å². The highest BCUT2D eigenvalue weighted by atomic mass is 32.2. The van der Waals surface area contributed by atoms with Crippen LogP contribution in [0.15, 0.2) is 29.2 Å². The molecule has 3 rings (SSSR count). The number of hydrogen-bond acceptors (Lipinski definition) is 5. The maximum absolute atomic E-state index is 14.0. The van der Waals surface area contributed by atoms with Gasteiger partial charge >= 0.3 is 0 Å². The molecule has 0 spiro atoms. The summed E-state index contributed by atoms with van der Waals surface area (Å²) in [5.41, 5.74) is 1.58. The van der Waals surface area contributed by atoms with Crippen LogP contribution in [0.5, 0.6) is 0 Å². The van der Waals surface area contributed by atoms with Crippen LogP contribution in [0.25, 0.3) is 0 Å². The van der Waals surface area contributed by atoms with Gasteiger partial charge in [0.05, 0.1) is 11.6 Å². The number of nitrogens with one attached hydrogen (secondary N) is 1. The number of halogens is 1. The monoisotopic (exact) mass is 346 g/mol. The fraction of sp³-hybridized carbons (Fsp3) is 0.312. The highest BCUT2D eigenvalue weighted by molar-refractivity contribution is 7.92. The van der Waals surface area contributed by atoms with Crippen molar-refractivity contribution in [2.45, 2.75) is 37.0 Å². The number of rotatable bonds is 5. The Hall–Kier alpha value is -2.53. The van der Waals surface area contributed by atoms with Crippen molar-refractivity contribution in [3.8, 4) is 6.07 Å². The lowest BCUT2D eigenvalue weighted by molar-refractivity contribution is 0.570. The van der Waals surface area contributed by atoms with Gasteiger partial charge in [-0.05, 0) is 43.5 Å². The van der Waals surface area contributed by atoms with E-state index in [0.29, 0.717) is 12.3 Å². The predicted molar refractivity (Wildman–Crippen MR) is 85.3 cm³/mol. The zero-order valence-electron chi connectivity index (χ0n) is 13.0. The average Bonchev–Trinajstić information content (AvgIpc) is 3.38. The molecule has 0 saturated heterocycles. The summed E-state index contributed by atoms with van der Waals surface area (Å²) in [4.78, 5) is 7.86. The lowest BCUT2D eigenvalue weighted by Gasteiger charge is -2.10. The molecule has 6 nitrogen and oxygen atoms in total. The van der Waals surface area contributed by atoms with Crippen LogP contribution in [0.2, 0.25) is 0 Å². The summed E-state index contributed by atoms with van der Waals surface area (Å²) < 4.78 is 41.0. The second-order valence-corrected chi connectivity index (χ2v) is 7.25. The number of benzene rings is 1. The fourth-order valence-corrected chi connectivity index (χ4v) is 3.30. The van der Waals surface area contributed by atoms with Gasteiger partial charge in [0.2, 0.25) is 5.95 Å². The first-order valence-corrected chi connectivity index (χ1v) is 9.01. The molecule has 0 radical (unpaired) electrons. The Balaban J connectivity index is 1.95. The van der Waals surface area contributed by atoms with E-state index in [4.69, 9.17) is 5.26 Å². The van der Waals surface area contributed by atoms with Crippen molar-refractivity contribution in [1.29, 1.82) is 5.26 Å². The van der Waals surface area contributed by atoms with Gasteiger partial charge in [-0.3, -0.25) is 0 Å². The first-order chi connectivity index (χ1) is 11.4. The van der Waals surface area contributed by atoms with E-state index in [2.05, 4.69) is 14.7 Å². The molecule has 1 fully saturated rings. The molecule has 1 heterocycles. The van der Waals surface area contributed by atoms with Gasteiger partial charge in [-0.15, -0.1) is 0 Å². The van der Waals surface area contributed by atoms with Crippen molar-refractivity contribution in [3.05, 3.63) is 47.0 Å². The van der Waals surface area contributed by atoms with E-state index in [1.807, 2.05) is 13.0 Å². The lowest BCUT2D eigenvalue weighted by atomic mass is 10.2. The molecule has 124 valence electrons. The van der Waals surface area contributed by atoms with Gasteiger partial charge in [0.25, 0.3) is 10.0 Å². The second-order valence-electron chi connectivity index (χ2n) is 5.60. The SMILES string of the molecule is CCc1cc(C2CC2)nc(NS(=O)(=O)c2ccc(C#N)cc2F)n1. The molecule has 1 saturated carbocycles. The van der Waals surface area contributed by atoms with Gasteiger partial charge in [0.1, 0.15) is 10.7 Å². The minimum absolute atomic E-state index is 0.0479. The van der Waals surface area contributed by atoms with Crippen molar-refractivity contribution in [3.63, 3.8) is 0 Å². The normalized spacial score (nSPS) is 14.2. The second kappa shape index (κ2) is 6.17. The zero-order valence-corrected chi connectivity index (χ0v) is 13.8. The third-order valence-corrected chi connectivity index (χ3v) is 5.09. The first-order valence-electron chi connectivity index (χ1n) is 7.53. The Morgan fingerprint density at radius 2 is 2.08 bits per heavy atom. The van der Waals surface area contributed by atoms with Crippen molar-refractivity contribution in [1.82, 2.24) is 9.97 Å². The summed E-state index contributed by atoms with van der Waals surface area (Å²) in [5, 5.41) is 8.74. The summed E-state index contributed by atoms with van der Waals surface area (Å²) >= 11 is 0. The Kier molecular flexibility index (Phi) is 4.20. The van der Waals surface area contributed by atoms with Crippen LogP contribution in [0, 0.1) is 17.1 Å². The molecule has 1 aromatic heterocycles. The number of nitrogens with zero attached hydrogens (tertiary/aromatic N) is 3. The van der Waals surface area contributed by atoms with Gasteiger partial charge in [0.15, 0.2) is 0 Å². The highest BCUT2D eigenvalue weighted by Crippen LogP contribution is 2.39. The van der Waals surface area contributed by atoms with Crippen LogP contribution >= 0.6 is 0 Å². The number of hydrogen-bond donors (Lipinski definition) is 1. The van der Waals surface area contributed by atoms with Crippen LogP contribution < -0.4 is 4.72 Å². The Labute approximate surface area is 139 Å². The molecule has 1 aromatic carbocycles. The molecule has 0 atom stereocenters. The van der Waals surface area contributed by atoms with E-state index in [9.17, 15) is 12.8 Å². The molecule has 2 aromatic rings. The van der Waals surface area contributed by atoms with Gasteiger partial charge in [-0.1, -0.05) is 6.92 Å². The van der Waals surface area contributed by atoms with Crippen molar-refractivity contribution in [2.24, 2.45) is 0 Å². The number of anilines is 1. The van der Waals surface area contributed by atoms with Crippen LogP contribution in [-0.2, 0) is 16.4 Å². The number of aromatic nitrogens is 2. The van der Waals surface area contributed by atoms with E-state index in [1.54, 1.807) is 6.07 Å². The van der Waals surface area contributed by atoms with Gasteiger partial charge in [-0.25, -0.2) is 27.5 Å². The predicted octanol–water partition coefficient (Wildman–Crippen LogP) is 2.73. The van der Waals surface area contributed by atoms with E-state index in [1.165, 1.54) is 6.07 Å². The molecular formula is C16H15FN4O2S. The van der Waals surface area contributed by atoms with Crippen molar-refractivity contribution in [2.75, 3.05) is 4.72 Å². The molecule has 0 unspecified atom stereocenters. The molecule has 1 N–H and O–H groups in total. The summed E-state index contributed by atoms with van der Waals surface area (Å²) in [6.07, 6.45) is 2.69. The maximum atomic E-state index is 14.0. The highest BCUT2D eigenvalue weighted by Gasteiger charge is 2.27. The average molecular weight is 346 g/mol. The van der Waals surface area contributed by atoms with Crippen LogP contribution in [0.3, 0.4) is 0 Å². The minimum Gasteiger partial charge on any atom is -0.247 e. The Morgan fingerprint density at radius 1 is 1.33 bits per heavy atom. The molecule has 0 bridgehead atoms. The van der Waals surface area contributed by atoms with Crippen LogP contribution in [0.1, 0.15) is 42.6 Å². The quantitative estimate of drug-likeness (QED) is 0.898. The van der Waals surface area contributed by atoms with Crippen LogP contribution in [0.4, 0.5) is 10.3 Å². The number of aryl methyl sites for hydroxylation is 1. The van der Waals surface area contributed by atoms with E-state index in [0.717, 1.165) is 36.4 Å². The van der Waals surface area contributed by atoms with E-state index in [-0.39, 0.29) is 11.5 Å². The maximum Gasteiger partial charge on any atom is 0.267 e. The summed E-state index contributed by atoms with van der Waals surface area (Å²) in [7, 11) is -4.18. The Morgan fingerprint density at radius 3 is 2.67 bits per heavy atom. The Bertz CT molecular complexity index is 934. The van der Waals surface area contributed by atoms with Gasteiger partial charge < -0.3 is 0 Å². The molecule has 24 heavy (non-hydrogen) atoms. The zero-order chi connectivity index (χ0) is 17.3. The van der Waals surface area contributed by atoms with Crippen molar-refractivity contribution < 1.29 is 12.8 Å². The molecule has 1 aliphatic carbocycles. The smallest absolute Gasteiger partial charge is 0.247 e. The van der Waals surface area contributed by atoms with Gasteiger partial charge in [-0.2, -0.15) is 5.26 Å². The fourth-order valence-electron chi connectivity index (χ4n) is 2.30. The number of nitriles is 1. The third-order valence-electron chi connectivity index (χ3n) is 3.73. The minimum atomic E-state index is -4.18. The summed E-state index contributed by atoms with van der Waals surface area (Å²) in [6, 6.07) is 6.82. The van der Waals surface area contributed by atoms with Crippen molar-refractivity contribution >= 4 is 16.0 Å². The summed E-state index contributed by atoms with van der Waals surface area (Å²) in [5.74, 6) is -0.705. The lowest BCUT2D eigenvalue weighted by Crippen LogP contribution is -2.17. The molecule has 0 amide bonds. The molecule has 1 aliphatic rings. The largest absolute Gasteiger partial charge is 0.267 e. The molecular weight excluding hydrogens is 331 g/mol. The molecule has 0 aliphatic heterocycles. The summed E-state index contributed by atoms with van der Waals surface area (Å²) in [6.45, 7) is 1.91. The number of sulfonamides is 1. The van der Waals surface area contributed by atoms with Gasteiger partial charge in [0, 0.05) is 17.3 Å². The van der Waals surface area contributed by atoms with Crippen LogP contribution in [-0.4, -0.2) is 18.4 Å². The first kappa shape index (κ1) is 16.3. The van der Waals surface area contributed by atoms with E-state index < -0.39 is 20.7 Å².